The number of hydrogen-bond acceptors (Lipinski definition) is 5. The Bertz CT molecular complexity index is 1250. The minimum absolute atomic E-state index is 0.188. The molecule has 7 nitrogen and oxygen atoms in total. The summed E-state index contributed by atoms with van der Waals surface area (Å²) in [7, 11) is 0. The number of rotatable bonds is 8. The van der Waals surface area contributed by atoms with E-state index in [-0.39, 0.29) is 5.91 Å². The number of benzene rings is 3. The third kappa shape index (κ3) is 5.31. The summed E-state index contributed by atoms with van der Waals surface area (Å²) in [5.74, 6) is 1.81. The third-order valence-corrected chi connectivity index (χ3v) is 5.05. The molecule has 0 aliphatic heterocycles. The number of nitrogens with zero attached hydrogens (tertiary/aromatic N) is 3. The number of anilines is 1. The second-order valence-electron chi connectivity index (χ2n) is 8.26. The number of amides is 1. The minimum Gasteiger partial charge on any atom is -0.494 e. The molecule has 0 spiro atoms. The first-order valence-corrected chi connectivity index (χ1v) is 11.1. The van der Waals surface area contributed by atoms with Gasteiger partial charge in [-0.25, -0.2) is 0 Å². The maximum atomic E-state index is 12.8. The molecule has 7 heteroatoms. The molecule has 0 saturated carbocycles. The number of carbonyl (C=O) groups is 1. The lowest BCUT2D eigenvalue weighted by Gasteiger charge is -2.10. The topological polar surface area (TPSA) is 78.3 Å². The number of aryl methyl sites for hydroxylation is 1. The summed E-state index contributed by atoms with van der Waals surface area (Å²) < 4.78 is 11.2. The van der Waals surface area contributed by atoms with Crippen molar-refractivity contribution in [3.63, 3.8) is 0 Å². The van der Waals surface area contributed by atoms with Crippen LogP contribution in [0.2, 0.25) is 0 Å². The number of nitrogens with one attached hydrogen (secondary N) is 1. The van der Waals surface area contributed by atoms with Crippen molar-refractivity contribution in [2.24, 2.45) is 5.92 Å². The molecule has 1 amide bonds. The molecule has 0 saturated heterocycles. The number of fused-ring (bicyclic) bond motifs is 1. The molecule has 0 aliphatic rings. The van der Waals surface area contributed by atoms with Gasteiger partial charge >= 0.3 is 0 Å². The van der Waals surface area contributed by atoms with E-state index in [1.807, 2.05) is 62.4 Å². The molecule has 1 aromatic heterocycles. The summed E-state index contributed by atoms with van der Waals surface area (Å²) in [6, 6.07) is 18.5. The van der Waals surface area contributed by atoms with Gasteiger partial charge in [-0.1, -0.05) is 13.8 Å². The van der Waals surface area contributed by atoms with Crippen molar-refractivity contribution in [2.75, 3.05) is 18.5 Å². The summed E-state index contributed by atoms with van der Waals surface area (Å²) in [5.41, 5.74) is 4.45. The molecule has 0 bridgehead atoms. The van der Waals surface area contributed by atoms with Crippen LogP contribution in [0.25, 0.3) is 16.7 Å². The molecule has 0 atom stereocenters. The van der Waals surface area contributed by atoms with Crippen molar-refractivity contribution in [3.05, 3.63) is 71.8 Å². The molecule has 170 valence electrons. The van der Waals surface area contributed by atoms with E-state index in [1.54, 1.807) is 16.9 Å². The maximum absolute atomic E-state index is 12.8. The molecule has 1 N–H and O–H groups in total. The van der Waals surface area contributed by atoms with Gasteiger partial charge in [-0.3, -0.25) is 4.79 Å². The molecule has 0 fully saturated rings. The lowest BCUT2D eigenvalue weighted by atomic mass is 10.1. The van der Waals surface area contributed by atoms with Crippen molar-refractivity contribution in [1.29, 1.82) is 0 Å². The van der Waals surface area contributed by atoms with Gasteiger partial charge in [0.15, 0.2) is 0 Å². The Balaban J connectivity index is 1.51. The van der Waals surface area contributed by atoms with Gasteiger partial charge in [0.2, 0.25) is 0 Å². The maximum Gasteiger partial charge on any atom is 0.255 e. The lowest BCUT2D eigenvalue weighted by Crippen LogP contribution is -2.13. The Morgan fingerprint density at radius 3 is 2.18 bits per heavy atom. The average molecular weight is 445 g/mol. The second-order valence-corrected chi connectivity index (χ2v) is 8.26. The largest absolute Gasteiger partial charge is 0.494 e. The molecule has 1 heterocycles. The van der Waals surface area contributed by atoms with Gasteiger partial charge < -0.3 is 14.8 Å². The van der Waals surface area contributed by atoms with Crippen LogP contribution in [0.3, 0.4) is 0 Å². The predicted octanol–water partition coefficient (Wildman–Crippen LogP) is 5.41. The highest BCUT2D eigenvalue weighted by Gasteiger charge is 2.12. The van der Waals surface area contributed by atoms with E-state index in [1.165, 1.54) is 0 Å². The summed E-state index contributed by atoms with van der Waals surface area (Å²) in [5, 5.41) is 12.1. The van der Waals surface area contributed by atoms with Gasteiger partial charge in [0.05, 0.1) is 18.9 Å². The number of aromatic nitrogens is 3. The van der Waals surface area contributed by atoms with Crippen LogP contribution in [-0.4, -0.2) is 34.1 Å². The Hall–Kier alpha value is -3.87. The van der Waals surface area contributed by atoms with E-state index in [0.29, 0.717) is 35.9 Å². The summed E-state index contributed by atoms with van der Waals surface area (Å²) in [6.07, 6.45) is 0. The van der Waals surface area contributed by atoms with Crippen molar-refractivity contribution in [3.8, 4) is 17.2 Å². The summed E-state index contributed by atoms with van der Waals surface area (Å²) >= 11 is 0. The molecule has 0 unspecified atom stereocenters. The Morgan fingerprint density at radius 2 is 1.55 bits per heavy atom. The fourth-order valence-electron chi connectivity index (χ4n) is 3.32. The predicted molar refractivity (Wildman–Crippen MR) is 129 cm³/mol. The molecule has 0 radical (unpaired) electrons. The van der Waals surface area contributed by atoms with Crippen LogP contribution in [0.1, 0.15) is 36.7 Å². The number of ether oxygens (including phenoxy) is 2. The highest BCUT2D eigenvalue weighted by Crippen LogP contribution is 2.24. The normalized spacial score (nSPS) is 11.1. The van der Waals surface area contributed by atoms with Crippen LogP contribution in [0.15, 0.2) is 60.7 Å². The van der Waals surface area contributed by atoms with Crippen molar-refractivity contribution in [1.82, 2.24) is 15.0 Å². The summed E-state index contributed by atoms with van der Waals surface area (Å²) in [6.45, 7) is 9.34. The highest BCUT2D eigenvalue weighted by molar-refractivity contribution is 6.05. The van der Waals surface area contributed by atoms with Gasteiger partial charge in [-0.15, -0.1) is 10.2 Å². The van der Waals surface area contributed by atoms with Crippen LogP contribution in [0.5, 0.6) is 11.5 Å². The SMILES string of the molecule is CCOc1ccc(-n2nc3cc(C)c(NC(=O)c4ccc(OCC(C)C)cc4)cc3n2)cc1. The Labute approximate surface area is 193 Å². The van der Waals surface area contributed by atoms with Crippen LogP contribution in [0, 0.1) is 12.8 Å². The quantitative estimate of drug-likeness (QED) is 0.393. The van der Waals surface area contributed by atoms with Gasteiger partial charge in [0, 0.05) is 11.3 Å². The Morgan fingerprint density at radius 1 is 0.939 bits per heavy atom. The van der Waals surface area contributed by atoms with E-state index in [0.717, 1.165) is 28.3 Å². The zero-order chi connectivity index (χ0) is 23.4. The first-order chi connectivity index (χ1) is 15.9. The van der Waals surface area contributed by atoms with E-state index in [4.69, 9.17) is 9.47 Å². The molecule has 33 heavy (non-hydrogen) atoms. The van der Waals surface area contributed by atoms with Crippen molar-refractivity contribution < 1.29 is 14.3 Å². The standard InChI is InChI=1S/C26H28N4O3/c1-5-32-21-12-8-20(9-13-21)30-28-24-14-18(4)23(15-25(24)29-30)27-26(31)19-6-10-22(11-7-19)33-16-17(2)3/h6-15,17H,5,16H2,1-4H3,(H,27,31). The molecule has 0 aliphatic carbocycles. The minimum atomic E-state index is -0.188. The molecular weight excluding hydrogens is 416 g/mol. The fourth-order valence-corrected chi connectivity index (χ4v) is 3.32. The zero-order valence-electron chi connectivity index (χ0n) is 19.3. The Kier molecular flexibility index (Phi) is 6.58. The first-order valence-electron chi connectivity index (χ1n) is 11.1. The van der Waals surface area contributed by atoms with Gasteiger partial charge in [-0.05, 0) is 86.0 Å². The molecule has 4 rings (SSSR count). The van der Waals surface area contributed by atoms with Crippen molar-refractivity contribution in [2.45, 2.75) is 27.7 Å². The van der Waals surface area contributed by atoms with E-state index in [2.05, 4.69) is 29.4 Å². The van der Waals surface area contributed by atoms with E-state index in [9.17, 15) is 4.79 Å². The van der Waals surface area contributed by atoms with E-state index < -0.39 is 0 Å². The van der Waals surface area contributed by atoms with Gasteiger partial charge in [0.1, 0.15) is 22.5 Å². The fraction of sp³-hybridized carbons (Fsp3) is 0.269. The molecule has 4 aromatic rings. The van der Waals surface area contributed by atoms with E-state index >= 15 is 0 Å². The zero-order valence-corrected chi connectivity index (χ0v) is 19.3. The van der Waals surface area contributed by atoms with Crippen molar-refractivity contribution >= 4 is 22.6 Å². The van der Waals surface area contributed by atoms with Gasteiger partial charge in [-0.2, -0.15) is 4.80 Å². The average Bonchev–Trinajstić information content (AvgIpc) is 3.21. The smallest absolute Gasteiger partial charge is 0.255 e. The lowest BCUT2D eigenvalue weighted by molar-refractivity contribution is 0.102. The van der Waals surface area contributed by atoms with Crippen LogP contribution >= 0.6 is 0 Å². The highest BCUT2D eigenvalue weighted by atomic mass is 16.5. The molecule has 3 aromatic carbocycles. The second kappa shape index (κ2) is 9.73. The summed E-state index contributed by atoms with van der Waals surface area (Å²) in [4.78, 5) is 14.4. The van der Waals surface area contributed by atoms with Crippen LogP contribution in [0.4, 0.5) is 5.69 Å². The number of carbonyl (C=O) groups excluding carboxylic acids is 1. The van der Waals surface area contributed by atoms with Crippen LogP contribution in [-0.2, 0) is 0 Å². The first kappa shape index (κ1) is 22.3. The van der Waals surface area contributed by atoms with Gasteiger partial charge in [0.25, 0.3) is 5.91 Å². The monoisotopic (exact) mass is 444 g/mol. The number of hydrogen-bond donors (Lipinski definition) is 1. The molecular formula is C26H28N4O3. The van der Waals surface area contributed by atoms with Crippen LogP contribution < -0.4 is 14.8 Å². The third-order valence-electron chi connectivity index (χ3n) is 5.05.